The maximum Gasteiger partial charge on any atom is 0.321 e. The standard InChI is InChI=1S/C13H21N5O3/c1-2-3-10(4-5-11(19)20)6-7-15-13(21)17-12-14-8-9-16-18-12/h8-10H,2-7H2,1H3,(H,19,20)(H2,14,15,17,18,21). The van der Waals surface area contributed by atoms with Crippen LogP contribution in [0.15, 0.2) is 12.4 Å². The molecule has 0 bridgehead atoms. The maximum absolute atomic E-state index is 11.6. The van der Waals surface area contributed by atoms with E-state index in [0.717, 1.165) is 19.3 Å². The van der Waals surface area contributed by atoms with Gasteiger partial charge in [-0.25, -0.2) is 9.78 Å². The van der Waals surface area contributed by atoms with Crippen LogP contribution in [0.3, 0.4) is 0 Å². The summed E-state index contributed by atoms with van der Waals surface area (Å²) in [4.78, 5) is 26.0. The largest absolute Gasteiger partial charge is 0.481 e. The van der Waals surface area contributed by atoms with Crippen molar-refractivity contribution in [1.82, 2.24) is 20.5 Å². The summed E-state index contributed by atoms with van der Waals surface area (Å²) in [7, 11) is 0. The van der Waals surface area contributed by atoms with E-state index < -0.39 is 12.0 Å². The summed E-state index contributed by atoms with van der Waals surface area (Å²) in [5.74, 6) is -0.331. The molecule has 0 fully saturated rings. The first-order chi connectivity index (χ1) is 10.1. The van der Waals surface area contributed by atoms with Crippen molar-refractivity contribution in [3.05, 3.63) is 12.4 Å². The monoisotopic (exact) mass is 295 g/mol. The summed E-state index contributed by atoms with van der Waals surface area (Å²) >= 11 is 0. The Kier molecular flexibility index (Phi) is 7.70. The Balaban J connectivity index is 2.26. The number of carboxylic acid groups (broad SMARTS) is 1. The van der Waals surface area contributed by atoms with Crippen LogP contribution >= 0.6 is 0 Å². The van der Waals surface area contributed by atoms with Crippen LogP contribution in [0.4, 0.5) is 10.7 Å². The molecule has 1 aromatic heterocycles. The number of carbonyl (C=O) groups excluding carboxylic acids is 1. The molecule has 0 saturated carbocycles. The minimum Gasteiger partial charge on any atom is -0.481 e. The van der Waals surface area contributed by atoms with Gasteiger partial charge in [0.15, 0.2) is 0 Å². The zero-order chi connectivity index (χ0) is 15.5. The van der Waals surface area contributed by atoms with Crippen molar-refractivity contribution in [1.29, 1.82) is 0 Å². The molecule has 0 aliphatic rings. The molecule has 0 spiro atoms. The number of hydrogen-bond acceptors (Lipinski definition) is 5. The van der Waals surface area contributed by atoms with Crippen LogP contribution in [-0.4, -0.2) is 38.8 Å². The van der Waals surface area contributed by atoms with Gasteiger partial charge >= 0.3 is 12.0 Å². The fraction of sp³-hybridized carbons (Fsp3) is 0.615. The van der Waals surface area contributed by atoms with E-state index in [4.69, 9.17) is 5.11 Å². The van der Waals surface area contributed by atoms with Crippen LogP contribution in [-0.2, 0) is 4.79 Å². The number of aromatic nitrogens is 3. The Morgan fingerprint density at radius 2 is 2.10 bits per heavy atom. The van der Waals surface area contributed by atoms with E-state index in [0.29, 0.717) is 18.9 Å². The first-order valence-corrected chi connectivity index (χ1v) is 7.02. The lowest BCUT2D eigenvalue weighted by molar-refractivity contribution is -0.137. The van der Waals surface area contributed by atoms with Crippen LogP contribution < -0.4 is 10.6 Å². The van der Waals surface area contributed by atoms with Crippen molar-refractivity contribution in [2.75, 3.05) is 11.9 Å². The molecule has 0 radical (unpaired) electrons. The molecule has 1 heterocycles. The summed E-state index contributed by atoms with van der Waals surface area (Å²) in [5, 5.41) is 21.1. The zero-order valence-electron chi connectivity index (χ0n) is 12.1. The number of nitrogens with one attached hydrogen (secondary N) is 2. The second kappa shape index (κ2) is 9.62. The molecule has 8 heteroatoms. The maximum atomic E-state index is 11.6. The predicted molar refractivity (Wildman–Crippen MR) is 76.7 cm³/mol. The Hall–Kier alpha value is -2.25. The van der Waals surface area contributed by atoms with E-state index in [9.17, 15) is 9.59 Å². The average molecular weight is 295 g/mol. The number of aliphatic carboxylic acids is 1. The van der Waals surface area contributed by atoms with Gasteiger partial charge in [-0.05, 0) is 18.8 Å². The number of anilines is 1. The fourth-order valence-corrected chi connectivity index (χ4v) is 2.01. The number of hydrogen-bond donors (Lipinski definition) is 3. The van der Waals surface area contributed by atoms with Crippen LogP contribution in [0.1, 0.15) is 39.0 Å². The molecule has 116 valence electrons. The van der Waals surface area contributed by atoms with Gasteiger partial charge < -0.3 is 10.4 Å². The van der Waals surface area contributed by atoms with E-state index in [1.54, 1.807) is 0 Å². The first-order valence-electron chi connectivity index (χ1n) is 7.02. The highest BCUT2D eigenvalue weighted by Crippen LogP contribution is 2.17. The summed E-state index contributed by atoms with van der Waals surface area (Å²) in [6, 6.07) is -0.392. The summed E-state index contributed by atoms with van der Waals surface area (Å²) in [6.45, 7) is 2.55. The van der Waals surface area contributed by atoms with E-state index >= 15 is 0 Å². The number of nitrogens with zero attached hydrogens (tertiary/aromatic N) is 3. The van der Waals surface area contributed by atoms with Crippen molar-refractivity contribution < 1.29 is 14.7 Å². The molecule has 0 aromatic carbocycles. The lowest BCUT2D eigenvalue weighted by Gasteiger charge is -2.15. The summed E-state index contributed by atoms with van der Waals surface area (Å²) in [6.07, 6.45) is 6.37. The predicted octanol–water partition coefficient (Wildman–Crippen LogP) is 1.66. The normalized spacial score (nSPS) is 11.7. The molecule has 21 heavy (non-hydrogen) atoms. The smallest absolute Gasteiger partial charge is 0.321 e. The Morgan fingerprint density at radius 3 is 2.71 bits per heavy atom. The van der Waals surface area contributed by atoms with Gasteiger partial charge in [0.05, 0.1) is 12.4 Å². The van der Waals surface area contributed by atoms with E-state index in [2.05, 4.69) is 32.7 Å². The second-order valence-electron chi connectivity index (χ2n) is 4.72. The molecule has 3 N–H and O–H groups in total. The number of rotatable bonds is 9. The number of carbonyl (C=O) groups is 2. The Labute approximate surface area is 123 Å². The van der Waals surface area contributed by atoms with E-state index in [-0.39, 0.29) is 12.4 Å². The molecular weight excluding hydrogens is 274 g/mol. The third-order valence-electron chi connectivity index (χ3n) is 3.01. The summed E-state index contributed by atoms with van der Waals surface area (Å²) in [5.41, 5.74) is 0. The highest BCUT2D eigenvalue weighted by atomic mass is 16.4. The third kappa shape index (κ3) is 7.81. The highest BCUT2D eigenvalue weighted by molar-refractivity contribution is 5.87. The number of urea groups is 1. The van der Waals surface area contributed by atoms with Crippen molar-refractivity contribution in [2.24, 2.45) is 5.92 Å². The number of amides is 2. The van der Waals surface area contributed by atoms with Gasteiger partial charge in [-0.3, -0.25) is 10.1 Å². The summed E-state index contributed by atoms with van der Waals surface area (Å²) < 4.78 is 0. The van der Waals surface area contributed by atoms with E-state index in [1.165, 1.54) is 12.4 Å². The highest BCUT2D eigenvalue weighted by Gasteiger charge is 2.11. The minimum absolute atomic E-state index is 0.144. The molecule has 0 aliphatic heterocycles. The molecule has 1 rings (SSSR count). The molecule has 2 amide bonds. The third-order valence-corrected chi connectivity index (χ3v) is 3.01. The topological polar surface area (TPSA) is 117 Å². The zero-order valence-corrected chi connectivity index (χ0v) is 12.1. The SMILES string of the molecule is CCCC(CCNC(=O)Nc1nccnn1)CCC(=O)O. The molecular formula is C13H21N5O3. The van der Waals surface area contributed by atoms with Crippen molar-refractivity contribution in [3.8, 4) is 0 Å². The molecule has 1 atom stereocenters. The first kappa shape index (κ1) is 16.8. The average Bonchev–Trinajstić information content (AvgIpc) is 2.45. The van der Waals surface area contributed by atoms with Crippen molar-refractivity contribution in [2.45, 2.75) is 39.0 Å². The molecule has 1 unspecified atom stereocenters. The van der Waals surface area contributed by atoms with Crippen LogP contribution in [0.5, 0.6) is 0 Å². The van der Waals surface area contributed by atoms with Gasteiger partial charge in [0.1, 0.15) is 0 Å². The lowest BCUT2D eigenvalue weighted by Crippen LogP contribution is -2.31. The van der Waals surface area contributed by atoms with Crippen LogP contribution in [0.25, 0.3) is 0 Å². The Morgan fingerprint density at radius 1 is 1.29 bits per heavy atom. The van der Waals surface area contributed by atoms with Gasteiger partial charge in [-0.2, -0.15) is 5.10 Å². The van der Waals surface area contributed by atoms with Crippen LogP contribution in [0, 0.1) is 5.92 Å². The van der Waals surface area contributed by atoms with Gasteiger partial charge in [-0.1, -0.05) is 19.8 Å². The lowest BCUT2D eigenvalue weighted by atomic mass is 9.94. The molecule has 8 nitrogen and oxygen atoms in total. The molecule has 1 aromatic rings. The fourth-order valence-electron chi connectivity index (χ4n) is 2.01. The minimum atomic E-state index is -0.782. The van der Waals surface area contributed by atoms with Crippen LogP contribution in [0.2, 0.25) is 0 Å². The second-order valence-corrected chi connectivity index (χ2v) is 4.72. The van der Waals surface area contributed by atoms with Gasteiger partial charge in [0, 0.05) is 13.0 Å². The van der Waals surface area contributed by atoms with Gasteiger partial charge in [-0.15, -0.1) is 5.10 Å². The Bertz CT molecular complexity index is 441. The number of carboxylic acids is 1. The quantitative estimate of drug-likeness (QED) is 0.638. The molecule has 0 aliphatic carbocycles. The van der Waals surface area contributed by atoms with Gasteiger partial charge in [0.25, 0.3) is 5.95 Å². The van der Waals surface area contributed by atoms with E-state index in [1.807, 2.05) is 0 Å². The van der Waals surface area contributed by atoms with Crippen molar-refractivity contribution in [3.63, 3.8) is 0 Å². The van der Waals surface area contributed by atoms with Crippen molar-refractivity contribution >= 4 is 17.9 Å². The van der Waals surface area contributed by atoms with Gasteiger partial charge in [0.2, 0.25) is 0 Å². The molecule has 0 saturated heterocycles.